The van der Waals surface area contributed by atoms with Crippen molar-refractivity contribution >= 4 is 39.4 Å². The van der Waals surface area contributed by atoms with E-state index in [2.05, 4.69) is 11.9 Å². The number of halogens is 1. The van der Waals surface area contributed by atoms with Crippen molar-refractivity contribution in [3.8, 4) is 11.5 Å². The van der Waals surface area contributed by atoms with E-state index in [1.807, 2.05) is 30.3 Å². The highest BCUT2D eigenvalue weighted by molar-refractivity contribution is 6.31. The molecule has 0 saturated carbocycles. The van der Waals surface area contributed by atoms with E-state index in [4.69, 9.17) is 16.0 Å². The number of carboxylic acids is 1. The molecule has 2 aromatic carbocycles. The highest BCUT2D eigenvalue weighted by atomic mass is 35.5. The summed E-state index contributed by atoms with van der Waals surface area (Å²) in [6.07, 6.45) is 3.09. The number of furan rings is 1. The van der Waals surface area contributed by atoms with E-state index in [0.717, 1.165) is 30.2 Å². The number of hydrogen-bond acceptors (Lipinski definition) is 3. The van der Waals surface area contributed by atoms with Crippen molar-refractivity contribution in [2.75, 3.05) is 0 Å². The molecule has 0 atom stereocenters. The minimum absolute atomic E-state index is 0.229. The van der Waals surface area contributed by atoms with Crippen molar-refractivity contribution in [2.24, 2.45) is 0 Å². The van der Waals surface area contributed by atoms with Gasteiger partial charge in [0.05, 0.1) is 11.1 Å². The Labute approximate surface area is 161 Å². The topological polar surface area (TPSA) is 63.3 Å². The Morgan fingerprint density at radius 1 is 1.15 bits per heavy atom. The molecule has 0 aliphatic heterocycles. The van der Waals surface area contributed by atoms with Crippen LogP contribution in [-0.4, -0.2) is 16.1 Å². The molecule has 0 aliphatic rings. The summed E-state index contributed by atoms with van der Waals surface area (Å²) in [6.45, 7) is 2.14. The van der Waals surface area contributed by atoms with Crippen molar-refractivity contribution in [2.45, 2.75) is 26.2 Å². The largest absolute Gasteiger partial charge is 0.478 e. The van der Waals surface area contributed by atoms with E-state index >= 15 is 0 Å². The van der Waals surface area contributed by atoms with E-state index < -0.39 is 5.97 Å². The van der Waals surface area contributed by atoms with Crippen LogP contribution in [0.25, 0.3) is 33.3 Å². The Bertz CT molecular complexity index is 1160. The zero-order chi connectivity index (χ0) is 19.0. The van der Waals surface area contributed by atoms with E-state index in [9.17, 15) is 9.90 Å². The number of nitrogens with zero attached hydrogens (tertiary/aromatic N) is 1. The van der Waals surface area contributed by atoms with Gasteiger partial charge in [-0.25, -0.2) is 9.78 Å². The van der Waals surface area contributed by atoms with Gasteiger partial charge < -0.3 is 9.52 Å². The number of benzene rings is 2. The molecule has 0 aliphatic carbocycles. The Morgan fingerprint density at radius 3 is 2.78 bits per heavy atom. The number of fused-ring (bicyclic) bond motifs is 2. The third-order valence-electron chi connectivity index (χ3n) is 4.65. The summed E-state index contributed by atoms with van der Waals surface area (Å²) in [5.74, 6) is -0.456. The molecule has 2 heterocycles. The number of aromatic nitrogens is 1. The summed E-state index contributed by atoms with van der Waals surface area (Å²) >= 11 is 6.03. The van der Waals surface area contributed by atoms with Crippen molar-refractivity contribution in [1.29, 1.82) is 0 Å². The second kappa shape index (κ2) is 7.05. The summed E-state index contributed by atoms with van der Waals surface area (Å²) in [4.78, 5) is 16.5. The zero-order valence-electron chi connectivity index (χ0n) is 14.8. The van der Waals surface area contributed by atoms with Crippen molar-refractivity contribution < 1.29 is 14.3 Å². The molecule has 136 valence electrons. The maximum Gasteiger partial charge on any atom is 0.336 e. The molecule has 4 rings (SSSR count). The molecule has 5 heteroatoms. The Morgan fingerprint density at radius 2 is 2.00 bits per heavy atom. The number of aryl methyl sites for hydroxylation is 1. The number of carboxylic acid groups (broad SMARTS) is 1. The fourth-order valence-corrected chi connectivity index (χ4v) is 3.43. The standard InChI is InChI=1S/C22H18ClNO3/c1-2-3-4-13-5-7-18-16(9-13)17(22(25)26)12-19(24-18)21-11-14-10-15(23)6-8-20(14)27-21/h5-12H,2-4H2,1H3,(H,25,26). The molecule has 0 unspecified atom stereocenters. The van der Waals surface area contributed by atoms with E-state index in [-0.39, 0.29) is 5.56 Å². The highest BCUT2D eigenvalue weighted by Crippen LogP contribution is 2.31. The number of pyridine rings is 1. The Kier molecular flexibility index (Phi) is 4.58. The predicted molar refractivity (Wildman–Crippen MR) is 108 cm³/mol. The molecular weight excluding hydrogens is 362 g/mol. The smallest absolute Gasteiger partial charge is 0.336 e. The van der Waals surface area contributed by atoms with Crippen LogP contribution in [0.1, 0.15) is 35.7 Å². The fourth-order valence-electron chi connectivity index (χ4n) is 3.25. The third kappa shape index (κ3) is 3.40. The number of carbonyl (C=O) groups is 1. The lowest BCUT2D eigenvalue weighted by Crippen LogP contribution is -2.01. The maximum atomic E-state index is 11.9. The van der Waals surface area contributed by atoms with Gasteiger partial charge >= 0.3 is 5.97 Å². The molecule has 2 aromatic heterocycles. The van der Waals surface area contributed by atoms with Crippen LogP contribution < -0.4 is 0 Å². The van der Waals surface area contributed by atoms with Crippen LogP contribution in [0, 0.1) is 0 Å². The van der Waals surface area contributed by atoms with Crippen molar-refractivity contribution in [3.05, 3.63) is 64.7 Å². The Hall–Kier alpha value is -2.85. The molecule has 0 radical (unpaired) electrons. The molecule has 0 fully saturated rings. The quantitative estimate of drug-likeness (QED) is 0.439. The monoisotopic (exact) mass is 379 g/mol. The van der Waals surface area contributed by atoms with Crippen LogP contribution in [0.3, 0.4) is 0 Å². The SMILES string of the molecule is CCCCc1ccc2nc(-c3cc4cc(Cl)ccc4o3)cc(C(=O)O)c2c1. The first-order chi connectivity index (χ1) is 13.0. The second-order valence-electron chi connectivity index (χ2n) is 6.61. The van der Waals surface area contributed by atoms with E-state index in [0.29, 0.717) is 33.0 Å². The van der Waals surface area contributed by atoms with Crippen LogP contribution in [0.5, 0.6) is 0 Å². The lowest BCUT2D eigenvalue weighted by molar-refractivity contribution is 0.0699. The third-order valence-corrected chi connectivity index (χ3v) is 4.89. The van der Waals surface area contributed by atoms with Gasteiger partial charge in [0.25, 0.3) is 0 Å². The zero-order valence-corrected chi connectivity index (χ0v) is 15.6. The first-order valence-electron chi connectivity index (χ1n) is 8.91. The minimum Gasteiger partial charge on any atom is -0.478 e. The van der Waals surface area contributed by atoms with Crippen LogP contribution in [-0.2, 0) is 6.42 Å². The molecule has 4 nitrogen and oxygen atoms in total. The number of rotatable bonds is 5. The summed E-state index contributed by atoms with van der Waals surface area (Å²) < 4.78 is 5.86. The number of hydrogen-bond donors (Lipinski definition) is 1. The fraction of sp³-hybridized carbons (Fsp3) is 0.182. The van der Waals surface area contributed by atoms with Crippen molar-refractivity contribution in [1.82, 2.24) is 4.98 Å². The van der Waals surface area contributed by atoms with E-state index in [1.54, 1.807) is 18.2 Å². The average Bonchev–Trinajstić information content (AvgIpc) is 3.08. The minimum atomic E-state index is -0.976. The molecular formula is C22H18ClNO3. The van der Waals surface area contributed by atoms with Gasteiger partial charge in [-0.15, -0.1) is 0 Å². The molecule has 27 heavy (non-hydrogen) atoms. The average molecular weight is 380 g/mol. The summed E-state index contributed by atoms with van der Waals surface area (Å²) in [7, 11) is 0. The molecule has 0 saturated heterocycles. The van der Waals surface area contributed by atoms with Gasteiger partial charge in [0, 0.05) is 15.8 Å². The van der Waals surface area contributed by atoms with Gasteiger partial charge in [0.15, 0.2) is 5.76 Å². The normalized spacial score (nSPS) is 11.3. The second-order valence-corrected chi connectivity index (χ2v) is 7.04. The van der Waals surface area contributed by atoms with Gasteiger partial charge in [0.2, 0.25) is 0 Å². The molecule has 0 spiro atoms. The first-order valence-corrected chi connectivity index (χ1v) is 9.29. The number of aromatic carboxylic acids is 1. The van der Waals surface area contributed by atoms with Gasteiger partial charge in [-0.05, 0) is 60.9 Å². The maximum absolute atomic E-state index is 11.9. The van der Waals surface area contributed by atoms with Gasteiger partial charge in [-0.2, -0.15) is 0 Å². The van der Waals surface area contributed by atoms with Crippen molar-refractivity contribution in [3.63, 3.8) is 0 Å². The first kappa shape index (κ1) is 17.6. The highest BCUT2D eigenvalue weighted by Gasteiger charge is 2.16. The van der Waals surface area contributed by atoms with Gasteiger partial charge in [-0.3, -0.25) is 0 Å². The van der Waals surface area contributed by atoms with Crippen LogP contribution in [0.4, 0.5) is 0 Å². The summed E-state index contributed by atoms with van der Waals surface area (Å²) in [5.41, 5.74) is 3.17. The molecule has 1 N–H and O–H groups in total. The van der Waals surface area contributed by atoms with Gasteiger partial charge in [-0.1, -0.05) is 31.0 Å². The lowest BCUT2D eigenvalue weighted by atomic mass is 10.0. The van der Waals surface area contributed by atoms with E-state index in [1.165, 1.54) is 0 Å². The predicted octanol–water partition coefficient (Wildman–Crippen LogP) is 6.34. The molecule has 4 aromatic rings. The molecule has 0 bridgehead atoms. The van der Waals surface area contributed by atoms with Crippen LogP contribution >= 0.6 is 11.6 Å². The number of unbranched alkanes of at least 4 members (excludes halogenated alkanes) is 1. The van der Waals surface area contributed by atoms with Crippen LogP contribution in [0.15, 0.2) is 52.9 Å². The van der Waals surface area contributed by atoms with Gasteiger partial charge in [0.1, 0.15) is 11.3 Å². The Balaban J connectivity index is 1.86. The lowest BCUT2D eigenvalue weighted by Gasteiger charge is -2.08. The van der Waals surface area contributed by atoms with Crippen LogP contribution in [0.2, 0.25) is 5.02 Å². The molecule has 0 amide bonds. The summed E-state index contributed by atoms with van der Waals surface area (Å²) in [6, 6.07) is 14.6. The summed E-state index contributed by atoms with van der Waals surface area (Å²) in [5, 5.41) is 11.8.